The molecule has 1 aromatic carbocycles. The molecule has 0 atom stereocenters. The van der Waals surface area contributed by atoms with E-state index in [0.717, 1.165) is 6.42 Å². The summed E-state index contributed by atoms with van der Waals surface area (Å²) in [5, 5.41) is 0. The van der Waals surface area contributed by atoms with Gasteiger partial charge in [-0.25, -0.2) is 0 Å². The van der Waals surface area contributed by atoms with Crippen LogP contribution < -0.4 is 0 Å². The summed E-state index contributed by atoms with van der Waals surface area (Å²) in [6.45, 7) is 0. The molecule has 0 spiro atoms. The van der Waals surface area contributed by atoms with Crippen LogP contribution >= 0.6 is 0 Å². The van der Waals surface area contributed by atoms with E-state index in [2.05, 4.69) is 66.8 Å². The molecule has 1 aliphatic rings. The Bertz CT molecular complexity index is 417. The van der Waals surface area contributed by atoms with Gasteiger partial charge in [-0.05, 0) is 17.6 Å². The van der Waals surface area contributed by atoms with Crippen molar-refractivity contribution < 1.29 is 0 Å². The van der Waals surface area contributed by atoms with Crippen molar-refractivity contribution >= 4 is 6.08 Å². The standard InChI is InChI=1S/C15H14/c1-2-5-9-14(10-6-3-1)13-15-11-7-4-8-12-15/h1-9,11-13H,10H2/b2-1-,6-3-,9-5-,14-13-. The smallest absolute Gasteiger partial charge is 0.00941 e. The Hall–Kier alpha value is -1.82. The van der Waals surface area contributed by atoms with Gasteiger partial charge in [0.2, 0.25) is 0 Å². The predicted octanol–water partition coefficient (Wildman–Crippen LogP) is 4.14. The zero-order valence-electron chi connectivity index (χ0n) is 8.64. The highest BCUT2D eigenvalue weighted by molar-refractivity contribution is 5.56. The van der Waals surface area contributed by atoms with E-state index in [9.17, 15) is 0 Å². The molecule has 0 aromatic heterocycles. The van der Waals surface area contributed by atoms with Gasteiger partial charge in [0.15, 0.2) is 0 Å². The zero-order valence-corrected chi connectivity index (χ0v) is 8.64. The van der Waals surface area contributed by atoms with Gasteiger partial charge in [-0.15, -0.1) is 0 Å². The molecule has 2 rings (SSSR count). The first-order chi connectivity index (χ1) is 7.45. The van der Waals surface area contributed by atoms with Crippen LogP contribution in [0.5, 0.6) is 0 Å². The Labute approximate surface area is 91.0 Å². The van der Waals surface area contributed by atoms with E-state index in [1.54, 1.807) is 0 Å². The fourth-order valence-corrected chi connectivity index (χ4v) is 1.53. The fourth-order valence-electron chi connectivity index (χ4n) is 1.53. The highest BCUT2D eigenvalue weighted by Gasteiger charge is 1.92. The average Bonchev–Trinajstić information content (AvgIpc) is 2.23. The summed E-state index contributed by atoms with van der Waals surface area (Å²) >= 11 is 0. The fraction of sp³-hybridized carbons (Fsp3) is 0.0667. The summed E-state index contributed by atoms with van der Waals surface area (Å²) in [6.07, 6.45) is 15.8. The lowest BCUT2D eigenvalue weighted by Gasteiger charge is -2.00. The van der Waals surface area contributed by atoms with Crippen LogP contribution in [0.2, 0.25) is 0 Å². The molecule has 74 valence electrons. The minimum atomic E-state index is 0.996. The molecule has 0 aliphatic heterocycles. The largest absolute Gasteiger partial charge is 0.0801 e. The maximum atomic E-state index is 2.22. The van der Waals surface area contributed by atoms with Crippen molar-refractivity contribution in [3.8, 4) is 0 Å². The first-order valence-corrected chi connectivity index (χ1v) is 5.21. The third-order valence-electron chi connectivity index (χ3n) is 2.28. The zero-order chi connectivity index (χ0) is 10.3. The van der Waals surface area contributed by atoms with Gasteiger partial charge in [-0.2, -0.15) is 0 Å². The number of allylic oxidation sites excluding steroid dienone is 7. The highest BCUT2D eigenvalue weighted by atomic mass is 14.0. The molecule has 1 aliphatic carbocycles. The van der Waals surface area contributed by atoms with Crippen molar-refractivity contribution in [2.24, 2.45) is 0 Å². The molecule has 0 fully saturated rings. The number of benzene rings is 1. The Morgan fingerprint density at radius 3 is 2.53 bits per heavy atom. The summed E-state index contributed by atoms with van der Waals surface area (Å²) in [7, 11) is 0. The molecule has 0 N–H and O–H groups in total. The maximum absolute atomic E-state index is 2.22. The monoisotopic (exact) mass is 194 g/mol. The van der Waals surface area contributed by atoms with Crippen LogP contribution in [0.3, 0.4) is 0 Å². The SMILES string of the molecule is C1=C\C=C/C(=C/c2ccccc2)C\C=C/1. The first-order valence-electron chi connectivity index (χ1n) is 5.21. The molecule has 0 radical (unpaired) electrons. The van der Waals surface area contributed by atoms with Crippen LogP contribution in [0.4, 0.5) is 0 Å². The molecule has 15 heavy (non-hydrogen) atoms. The summed E-state index contributed by atoms with van der Waals surface area (Å²) in [6, 6.07) is 10.4. The van der Waals surface area contributed by atoms with Crippen LogP contribution in [0, 0.1) is 0 Å². The second-order valence-electron chi connectivity index (χ2n) is 3.51. The molecule has 0 heteroatoms. The van der Waals surface area contributed by atoms with Crippen molar-refractivity contribution in [3.05, 3.63) is 77.9 Å². The summed E-state index contributed by atoms with van der Waals surface area (Å²) < 4.78 is 0. The molecule has 0 heterocycles. The lowest BCUT2D eigenvalue weighted by Crippen LogP contribution is -1.79. The Morgan fingerprint density at radius 1 is 0.867 bits per heavy atom. The second-order valence-corrected chi connectivity index (χ2v) is 3.51. The first kappa shape index (κ1) is 9.72. The van der Waals surface area contributed by atoms with E-state index in [0.29, 0.717) is 0 Å². The molecule has 0 unspecified atom stereocenters. The van der Waals surface area contributed by atoms with E-state index in [4.69, 9.17) is 0 Å². The average molecular weight is 194 g/mol. The Kier molecular flexibility index (Phi) is 3.34. The highest BCUT2D eigenvalue weighted by Crippen LogP contribution is 2.13. The maximum Gasteiger partial charge on any atom is -0.00941 e. The van der Waals surface area contributed by atoms with Gasteiger partial charge < -0.3 is 0 Å². The minimum absolute atomic E-state index is 0.996. The molecular formula is C15H14. The van der Waals surface area contributed by atoms with E-state index in [1.165, 1.54) is 11.1 Å². The lowest BCUT2D eigenvalue weighted by molar-refractivity contribution is 1.30. The molecule has 0 amide bonds. The minimum Gasteiger partial charge on any atom is -0.0801 e. The summed E-state index contributed by atoms with van der Waals surface area (Å²) in [4.78, 5) is 0. The molecular weight excluding hydrogens is 180 g/mol. The number of rotatable bonds is 1. The molecule has 0 bridgehead atoms. The number of hydrogen-bond donors (Lipinski definition) is 0. The molecule has 0 nitrogen and oxygen atoms in total. The van der Waals surface area contributed by atoms with Crippen molar-refractivity contribution in [2.45, 2.75) is 6.42 Å². The number of hydrogen-bond acceptors (Lipinski definition) is 0. The van der Waals surface area contributed by atoms with Crippen LogP contribution in [0.1, 0.15) is 12.0 Å². The Balaban J connectivity index is 2.23. The van der Waals surface area contributed by atoms with Crippen molar-refractivity contribution in [3.63, 3.8) is 0 Å². The van der Waals surface area contributed by atoms with Crippen LogP contribution in [-0.4, -0.2) is 0 Å². The van der Waals surface area contributed by atoms with Gasteiger partial charge >= 0.3 is 0 Å². The second kappa shape index (κ2) is 5.16. The Morgan fingerprint density at radius 2 is 1.67 bits per heavy atom. The molecule has 0 saturated heterocycles. The van der Waals surface area contributed by atoms with E-state index in [-0.39, 0.29) is 0 Å². The van der Waals surface area contributed by atoms with Gasteiger partial charge in [0.1, 0.15) is 0 Å². The van der Waals surface area contributed by atoms with Gasteiger partial charge in [0.05, 0.1) is 0 Å². The topological polar surface area (TPSA) is 0 Å². The quantitative estimate of drug-likeness (QED) is 0.630. The third kappa shape index (κ3) is 3.10. The van der Waals surface area contributed by atoms with Gasteiger partial charge in [-0.1, -0.05) is 72.9 Å². The summed E-state index contributed by atoms with van der Waals surface area (Å²) in [5.74, 6) is 0. The van der Waals surface area contributed by atoms with Gasteiger partial charge in [0, 0.05) is 0 Å². The van der Waals surface area contributed by atoms with Crippen LogP contribution in [-0.2, 0) is 0 Å². The van der Waals surface area contributed by atoms with Crippen LogP contribution in [0.15, 0.2) is 72.4 Å². The van der Waals surface area contributed by atoms with Gasteiger partial charge in [0.25, 0.3) is 0 Å². The third-order valence-corrected chi connectivity index (χ3v) is 2.28. The lowest BCUT2D eigenvalue weighted by atomic mass is 10.1. The van der Waals surface area contributed by atoms with Crippen molar-refractivity contribution in [1.82, 2.24) is 0 Å². The van der Waals surface area contributed by atoms with E-state index >= 15 is 0 Å². The van der Waals surface area contributed by atoms with Gasteiger partial charge in [-0.3, -0.25) is 0 Å². The predicted molar refractivity (Wildman–Crippen MR) is 66.5 cm³/mol. The van der Waals surface area contributed by atoms with Crippen molar-refractivity contribution in [2.75, 3.05) is 0 Å². The molecule has 1 aromatic rings. The van der Waals surface area contributed by atoms with Crippen LogP contribution in [0.25, 0.3) is 6.08 Å². The van der Waals surface area contributed by atoms with Crippen molar-refractivity contribution in [1.29, 1.82) is 0 Å². The normalized spacial score (nSPS) is 24.1. The van der Waals surface area contributed by atoms with E-state index in [1.807, 2.05) is 6.07 Å². The van der Waals surface area contributed by atoms with E-state index < -0.39 is 0 Å². The molecule has 0 saturated carbocycles. The summed E-state index contributed by atoms with van der Waals surface area (Å²) in [5.41, 5.74) is 2.59.